The van der Waals surface area contributed by atoms with Gasteiger partial charge in [-0.3, -0.25) is 14.0 Å². The van der Waals surface area contributed by atoms with Crippen LogP contribution in [0.2, 0.25) is 0 Å². The number of hydrogen-bond donors (Lipinski definition) is 1. The first-order chi connectivity index (χ1) is 16.9. The van der Waals surface area contributed by atoms with Gasteiger partial charge in [-0.05, 0) is 74.0 Å². The molecule has 0 unspecified atom stereocenters. The van der Waals surface area contributed by atoms with Gasteiger partial charge < -0.3 is 10.1 Å². The van der Waals surface area contributed by atoms with Crippen LogP contribution in [-0.2, 0) is 10.0 Å². The number of carbonyl (C=O) groups is 1. The SMILES string of the molecule is COc1cccc([C@@H](CNC(=O)c2cccc(S(=O)(=O)N(C)c3ccccc3)c2)N2CCCC2)c1. The summed E-state index contributed by atoms with van der Waals surface area (Å²) in [6.45, 7) is 2.35. The quantitative estimate of drug-likeness (QED) is 0.486. The minimum absolute atomic E-state index is 0.00711. The summed E-state index contributed by atoms with van der Waals surface area (Å²) in [5.74, 6) is 0.468. The maximum absolute atomic E-state index is 13.2. The van der Waals surface area contributed by atoms with Gasteiger partial charge >= 0.3 is 0 Å². The van der Waals surface area contributed by atoms with E-state index in [2.05, 4.69) is 10.2 Å². The standard InChI is InChI=1S/C27H31N3O4S/c1-29(23-12-4-3-5-13-23)35(32,33)25-15-9-11-22(19-25)27(31)28-20-26(30-16-6-7-17-30)21-10-8-14-24(18-21)34-2/h3-5,8-15,18-19,26H,6-7,16-17,20H2,1-2H3,(H,28,31)/t26-/m1/s1. The van der Waals surface area contributed by atoms with Crippen LogP contribution in [0.3, 0.4) is 0 Å². The predicted molar refractivity (Wildman–Crippen MR) is 137 cm³/mol. The Kier molecular flexibility index (Phi) is 7.73. The molecule has 0 spiro atoms. The number of rotatable bonds is 9. The number of nitrogens with zero attached hydrogens (tertiary/aromatic N) is 2. The van der Waals surface area contributed by atoms with Crippen molar-refractivity contribution in [3.63, 3.8) is 0 Å². The molecule has 1 saturated heterocycles. The number of likely N-dealkylation sites (tertiary alicyclic amines) is 1. The summed E-state index contributed by atoms with van der Waals surface area (Å²) in [4.78, 5) is 15.5. The van der Waals surface area contributed by atoms with Crippen molar-refractivity contribution < 1.29 is 17.9 Å². The van der Waals surface area contributed by atoms with Gasteiger partial charge in [-0.2, -0.15) is 0 Å². The topological polar surface area (TPSA) is 78.9 Å². The lowest BCUT2D eigenvalue weighted by Gasteiger charge is -2.28. The molecule has 4 rings (SSSR count). The van der Waals surface area contributed by atoms with Gasteiger partial charge in [-0.15, -0.1) is 0 Å². The zero-order valence-corrected chi connectivity index (χ0v) is 20.9. The molecule has 3 aromatic carbocycles. The van der Waals surface area contributed by atoms with Crippen molar-refractivity contribution >= 4 is 21.6 Å². The maximum atomic E-state index is 13.2. The Balaban J connectivity index is 1.51. The molecule has 3 aromatic rings. The van der Waals surface area contributed by atoms with Crippen LogP contribution in [0.4, 0.5) is 5.69 Å². The fourth-order valence-corrected chi connectivity index (χ4v) is 5.63. The van der Waals surface area contributed by atoms with Crippen LogP contribution in [0.1, 0.15) is 34.8 Å². The van der Waals surface area contributed by atoms with Gasteiger partial charge in [0.2, 0.25) is 0 Å². The van der Waals surface area contributed by atoms with Gasteiger partial charge in [-0.1, -0.05) is 36.4 Å². The lowest BCUT2D eigenvalue weighted by atomic mass is 10.0. The Bertz CT molecular complexity index is 1260. The smallest absolute Gasteiger partial charge is 0.264 e. The lowest BCUT2D eigenvalue weighted by Crippen LogP contribution is -2.37. The third kappa shape index (κ3) is 5.66. The Labute approximate surface area is 207 Å². The Morgan fingerprint density at radius 3 is 2.43 bits per heavy atom. The molecule has 1 N–H and O–H groups in total. The summed E-state index contributed by atoms with van der Waals surface area (Å²) in [7, 11) is -0.665. The lowest BCUT2D eigenvalue weighted by molar-refractivity contribution is 0.0937. The van der Waals surface area contributed by atoms with Gasteiger partial charge in [0.05, 0.1) is 23.7 Å². The van der Waals surface area contributed by atoms with Crippen molar-refractivity contribution in [1.82, 2.24) is 10.2 Å². The molecule has 1 aliphatic rings. The van der Waals surface area contributed by atoms with Crippen LogP contribution in [0, 0.1) is 0 Å². The highest BCUT2D eigenvalue weighted by molar-refractivity contribution is 7.92. The van der Waals surface area contributed by atoms with Crippen LogP contribution in [0.15, 0.2) is 83.8 Å². The van der Waals surface area contributed by atoms with Crippen molar-refractivity contribution in [3.8, 4) is 5.75 Å². The molecule has 0 bridgehead atoms. The number of nitrogens with one attached hydrogen (secondary N) is 1. The molecule has 7 nitrogen and oxygen atoms in total. The second-order valence-electron chi connectivity index (χ2n) is 8.58. The number of methoxy groups -OCH3 is 1. The summed E-state index contributed by atoms with van der Waals surface area (Å²) >= 11 is 0. The largest absolute Gasteiger partial charge is 0.497 e. The average molecular weight is 494 g/mol. The molecule has 0 aromatic heterocycles. The highest BCUT2D eigenvalue weighted by Crippen LogP contribution is 2.27. The molecule has 1 amide bonds. The molecule has 1 atom stereocenters. The van der Waals surface area contributed by atoms with Crippen molar-refractivity contribution in [3.05, 3.63) is 90.0 Å². The van der Waals surface area contributed by atoms with Crippen LogP contribution < -0.4 is 14.4 Å². The molecular formula is C27H31N3O4S. The van der Waals surface area contributed by atoms with Crippen LogP contribution >= 0.6 is 0 Å². The van der Waals surface area contributed by atoms with Gasteiger partial charge in [0.25, 0.3) is 15.9 Å². The van der Waals surface area contributed by atoms with Gasteiger partial charge in [0.15, 0.2) is 0 Å². The van der Waals surface area contributed by atoms with Crippen LogP contribution in [0.25, 0.3) is 0 Å². The summed E-state index contributed by atoms with van der Waals surface area (Å²) in [6.07, 6.45) is 2.26. The van der Waals surface area contributed by atoms with E-state index in [1.165, 1.54) is 23.5 Å². The fraction of sp³-hybridized carbons (Fsp3) is 0.296. The molecule has 0 radical (unpaired) electrons. The Hall–Kier alpha value is -3.36. The van der Waals surface area contributed by atoms with Gasteiger partial charge in [-0.25, -0.2) is 8.42 Å². The van der Waals surface area contributed by atoms with Gasteiger partial charge in [0, 0.05) is 19.2 Å². The highest BCUT2D eigenvalue weighted by Gasteiger charge is 2.26. The average Bonchev–Trinajstić information content (AvgIpc) is 3.43. The Morgan fingerprint density at radius 2 is 1.71 bits per heavy atom. The number of amides is 1. The van der Waals surface area contributed by atoms with Crippen molar-refractivity contribution in [2.45, 2.75) is 23.8 Å². The third-order valence-electron chi connectivity index (χ3n) is 6.39. The monoisotopic (exact) mass is 493 g/mol. The molecule has 0 saturated carbocycles. The summed E-state index contributed by atoms with van der Waals surface area (Å²) in [5, 5.41) is 3.02. The number of sulfonamides is 1. The fourth-order valence-electron chi connectivity index (χ4n) is 4.38. The van der Waals surface area contributed by atoms with Gasteiger partial charge in [0.1, 0.15) is 5.75 Å². The molecule has 1 fully saturated rings. The number of ether oxygens (including phenoxy) is 1. The van der Waals surface area contributed by atoms with E-state index in [0.29, 0.717) is 17.8 Å². The first kappa shape index (κ1) is 24.8. The molecular weight excluding hydrogens is 462 g/mol. The minimum atomic E-state index is -3.81. The van der Waals surface area contributed by atoms with Crippen molar-refractivity contribution in [2.75, 3.05) is 38.1 Å². The molecule has 0 aliphatic carbocycles. The zero-order chi connectivity index (χ0) is 24.8. The number of benzene rings is 3. The van der Waals surface area contributed by atoms with E-state index in [-0.39, 0.29) is 16.8 Å². The van der Waals surface area contributed by atoms with E-state index >= 15 is 0 Å². The normalized spacial score (nSPS) is 14.9. The number of carbonyl (C=O) groups excluding carboxylic acids is 1. The summed E-state index contributed by atoms with van der Waals surface area (Å²) < 4.78 is 32.9. The first-order valence-corrected chi connectivity index (χ1v) is 13.1. The summed E-state index contributed by atoms with van der Waals surface area (Å²) in [6, 6.07) is 22.9. The first-order valence-electron chi connectivity index (χ1n) is 11.7. The number of anilines is 1. The molecule has 1 aliphatic heterocycles. The maximum Gasteiger partial charge on any atom is 0.264 e. The second kappa shape index (κ2) is 10.9. The van der Waals surface area contributed by atoms with Crippen molar-refractivity contribution in [1.29, 1.82) is 0 Å². The zero-order valence-electron chi connectivity index (χ0n) is 20.1. The molecule has 1 heterocycles. The van der Waals surface area contributed by atoms with Crippen LogP contribution in [-0.4, -0.2) is 53.0 Å². The molecule has 8 heteroatoms. The van der Waals surface area contributed by atoms with E-state index < -0.39 is 10.0 Å². The summed E-state index contributed by atoms with van der Waals surface area (Å²) in [5.41, 5.74) is 1.93. The van der Waals surface area contributed by atoms with E-state index in [4.69, 9.17) is 4.74 Å². The molecule has 35 heavy (non-hydrogen) atoms. The molecule has 184 valence electrons. The van der Waals surface area contributed by atoms with Crippen LogP contribution in [0.5, 0.6) is 5.75 Å². The Morgan fingerprint density at radius 1 is 1.00 bits per heavy atom. The third-order valence-corrected chi connectivity index (χ3v) is 8.17. The predicted octanol–water partition coefficient (Wildman–Crippen LogP) is 4.09. The van der Waals surface area contributed by atoms with E-state index in [1.54, 1.807) is 43.5 Å². The van der Waals surface area contributed by atoms with E-state index in [1.807, 2.05) is 30.3 Å². The van der Waals surface area contributed by atoms with E-state index in [0.717, 1.165) is 37.2 Å². The highest BCUT2D eigenvalue weighted by atomic mass is 32.2. The minimum Gasteiger partial charge on any atom is -0.497 e. The van der Waals surface area contributed by atoms with Crippen molar-refractivity contribution in [2.24, 2.45) is 0 Å². The number of para-hydroxylation sites is 1. The van der Waals surface area contributed by atoms with E-state index in [9.17, 15) is 13.2 Å². The number of hydrogen-bond acceptors (Lipinski definition) is 5. The second-order valence-corrected chi connectivity index (χ2v) is 10.6.